The fourth-order valence-corrected chi connectivity index (χ4v) is 2.28. The van der Waals surface area contributed by atoms with Gasteiger partial charge in [0.05, 0.1) is 6.04 Å². The van der Waals surface area contributed by atoms with Crippen LogP contribution < -0.4 is 5.32 Å². The summed E-state index contributed by atoms with van der Waals surface area (Å²) in [6.45, 7) is 4.13. The molecule has 0 spiro atoms. The molecule has 0 saturated heterocycles. The molecule has 4 heteroatoms. The van der Waals surface area contributed by atoms with Crippen LogP contribution in [0.1, 0.15) is 29.7 Å². The van der Waals surface area contributed by atoms with E-state index in [4.69, 9.17) is 0 Å². The minimum atomic E-state index is -0.711. The quantitative estimate of drug-likeness (QED) is 0.888. The molecule has 0 fully saturated rings. The van der Waals surface area contributed by atoms with Gasteiger partial charge in [-0.1, -0.05) is 19.1 Å². The summed E-state index contributed by atoms with van der Waals surface area (Å²) in [5, 5.41) is 3.02. The molecule has 106 valence electrons. The summed E-state index contributed by atoms with van der Waals surface area (Å²) < 4.78 is 41.4. The predicted octanol–water partition coefficient (Wildman–Crippen LogP) is 4.11. The summed E-state index contributed by atoms with van der Waals surface area (Å²) in [6.07, 6.45) is 0. The Morgan fingerprint density at radius 3 is 2.30 bits per heavy atom. The van der Waals surface area contributed by atoms with Crippen molar-refractivity contribution in [3.63, 3.8) is 0 Å². The number of hydrogen-bond donors (Lipinski definition) is 1. The molecule has 2 aromatic rings. The molecule has 0 aliphatic heterocycles. The van der Waals surface area contributed by atoms with E-state index < -0.39 is 23.5 Å². The van der Waals surface area contributed by atoms with Gasteiger partial charge >= 0.3 is 0 Å². The molecule has 1 unspecified atom stereocenters. The maximum absolute atomic E-state index is 14.0. The molecule has 20 heavy (non-hydrogen) atoms. The lowest BCUT2D eigenvalue weighted by Gasteiger charge is -2.22. The first-order valence-electron chi connectivity index (χ1n) is 6.48. The Balaban J connectivity index is 2.59. The van der Waals surface area contributed by atoms with Crippen molar-refractivity contribution in [2.45, 2.75) is 19.9 Å². The Hall–Kier alpha value is -1.81. The van der Waals surface area contributed by atoms with Gasteiger partial charge < -0.3 is 5.32 Å². The maximum atomic E-state index is 14.0. The normalized spacial score (nSPS) is 12.4. The van der Waals surface area contributed by atoms with Gasteiger partial charge in [0, 0.05) is 5.56 Å². The number of aryl methyl sites for hydroxylation is 1. The molecule has 2 aromatic carbocycles. The number of hydrogen-bond acceptors (Lipinski definition) is 1. The average molecular weight is 279 g/mol. The van der Waals surface area contributed by atoms with Crippen molar-refractivity contribution in [2.75, 3.05) is 6.54 Å². The summed E-state index contributed by atoms with van der Waals surface area (Å²) >= 11 is 0. The summed E-state index contributed by atoms with van der Waals surface area (Å²) in [5.41, 5.74) is 1.24. The van der Waals surface area contributed by atoms with Crippen LogP contribution in [0.5, 0.6) is 0 Å². The van der Waals surface area contributed by atoms with Crippen molar-refractivity contribution in [3.05, 3.63) is 70.5 Å². The third-order valence-electron chi connectivity index (χ3n) is 3.25. The first kappa shape index (κ1) is 14.6. The molecule has 0 bridgehead atoms. The van der Waals surface area contributed by atoms with E-state index in [-0.39, 0.29) is 5.56 Å². The smallest absolute Gasteiger partial charge is 0.131 e. The zero-order valence-corrected chi connectivity index (χ0v) is 11.4. The summed E-state index contributed by atoms with van der Waals surface area (Å²) in [4.78, 5) is 0. The van der Waals surface area contributed by atoms with Crippen molar-refractivity contribution in [1.29, 1.82) is 0 Å². The molecule has 1 nitrogen and oxygen atoms in total. The molecule has 0 aliphatic carbocycles. The first-order chi connectivity index (χ1) is 9.54. The van der Waals surface area contributed by atoms with Crippen LogP contribution in [0.4, 0.5) is 13.2 Å². The Bertz CT molecular complexity index is 590. The zero-order chi connectivity index (χ0) is 14.7. The van der Waals surface area contributed by atoms with E-state index in [0.717, 1.165) is 5.56 Å². The minimum Gasteiger partial charge on any atom is -0.306 e. The lowest BCUT2D eigenvalue weighted by atomic mass is 9.94. The van der Waals surface area contributed by atoms with E-state index in [2.05, 4.69) is 5.32 Å². The standard InChI is InChI=1S/C16H16F3N/c1-3-20-16(12-9-11(17)8-7-10(12)2)15-13(18)5-4-6-14(15)19/h4-9,16,20H,3H2,1-2H3. The third kappa shape index (κ3) is 2.85. The zero-order valence-electron chi connectivity index (χ0n) is 11.4. The molecule has 0 aliphatic rings. The molecular weight excluding hydrogens is 263 g/mol. The van der Waals surface area contributed by atoms with Gasteiger partial charge in [-0.3, -0.25) is 0 Å². The monoisotopic (exact) mass is 279 g/mol. The van der Waals surface area contributed by atoms with Gasteiger partial charge in [0.2, 0.25) is 0 Å². The van der Waals surface area contributed by atoms with Crippen LogP contribution in [0, 0.1) is 24.4 Å². The number of halogens is 3. The van der Waals surface area contributed by atoms with Crippen molar-refractivity contribution < 1.29 is 13.2 Å². The number of rotatable bonds is 4. The van der Waals surface area contributed by atoms with E-state index in [1.165, 1.54) is 30.3 Å². The van der Waals surface area contributed by atoms with Gasteiger partial charge in [-0.05, 0) is 48.9 Å². The SMILES string of the molecule is CCNC(c1cc(F)ccc1C)c1c(F)cccc1F. The van der Waals surface area contributed by atoms with Crippen molar-refractivity contribution in [2.24, 2.45) is 0 Å². The van der Waals surface area contributed by atoms with E-state index in [0.29, 0.717) is 12.1 Å². The van der Waals surface area contributed by atoms with Gasteiger partial charge in [-0.25, -0.2) is 13.2 Å². The summed E-state index contributed by atoms with van der Waals surface area (Å²) in [5.74, 6) is -1.70. The van der Waals surface area contributed by atoms with E-state index >= 15 is 0 Å². The molecule has 0 saturated carbocycles. The highest BCUT2D eigenvalue weighted by Crippen LogP contribution is 2.29. The minimum absolute atomic E-state index is 0.0805. The second kappa shape index (κ2) is 6.09. The topological polar surface area (TPSA) is 12.0 Å². The molecule has 0 aromatic heterocycles. The fraction of sp³-hybridized carbons (Fsp3) is 0.250. The molecule has 0 amide bonds. The Labute approximate surface area is 116 Å². The highest BCUT2D eigenvalue weighted by Gasteiger charge is 2.22. The number of benzene rings is 2. The summed E-state index contributed by atoms with van der Waals surface area (Å²) in [6, 6.07) is 7.27. The molecule has 0 radical (unpaired) electrons. The Morgan fingerprint density at radius 2 is 1.70 bits per heavy atom. The van der Waals surface area contributed by atoms with Crippen LogP contribution >= 0.6 is 0 Å². The van der Waals surface area contributed by atoms with Crippen molar-refractivity contribution in [1.82, 2.24) is 5.32 Å². The summed E-state index contributed by atoms with van der Waals surface area (Å²) in [7, 11) is 0. The first-order valence-corrected chi connectivity index (χ1v) is 6.48. The second-order valence-corrected chi connectivity index (χ2v) is 4.63. The second-order valence-electron chi connectivity index (χ2n) is 4.63. The molecule has 2 rings (SSSR count). The van der Waals surface area contributed by atoms with E-state index in [1.54, 1.807) is 13.0 Å². The average Bonchev–Trinajstić information content (AvgIpc) is 2.40. The van der Waals surface area contributed by atoms with E-state index in [9.17, 15) is 13.2 Å². The van der Waals surface area contributed by atoms with Gasteiger partial charge in [-0.2, -0.15) is 0 Å². The Morgan fingerprint density at radius 1 is 1.05 bits per heavy atom. The lowest BCUT2D eigenvalue weighted by Crippen LogP contribution is -2.25. The van der Waals surface area contributed by atoms with Crippen LogP contribution in [0.15, 0.2) is 36.4 Å². The van der Waals surface area contributed by atoms with Gasteiger partial charge in [0.1, 0.15) is 17.5 Å². The van der Waals surface area contributed by atoms with Crippen LogP contribution in [0.25, 0.3) is 0 Å². The molecule has 0 heterocycles. The largest absolute Gasteiger partial charge is 0.306 e. The van der Waals surface area contributed by atoms with Gasteiger partial charge in [-0.15, -0.1) is 0 Å². The lowest BCUT2D eigenvalue weighted by molar-refractivity contribution is 0.507. The third-order valence-corrected chi connectivity index (χ3v) is 3.25. The van der Waals surface area contributed by atoms with Gasteiger partial charge in [0.15, 0.2) is 0 Å². The van der Waals surface area contributed by atoms with Crippen LogP contribution in [-0.2, 0) is 0 Å². The van der Waals surface area contributed by atoms with Crippen molar-refractivity contribution in [3.8, 4) is 0 Å². The fourth-order valence-electron chi connectivity index (χ4n) is 2.28. The predicted molar refractivity (Wildman–Crippen MR) is 73.0 cm³/mol. The van der Waals surface area contributed by atoms with Crippen LogP contribution in [0.2, 0.25) is 0 Å². The number of nitrogens with one attached hydrogen (secondary N) is 1. The molecular formula is C16H16F3N. The maximum Gasteiger partial charge on any atom is 0.131 e. The molecule has 1 N–H and O–H groups in total. The van der Waals surface area contributed by atoms with Crippen LogP contribution in [0.3, 0.4) is 0 Å². The highest BCUT2D eigenvalue weighted by molar-refractivity contribution is 5.38. The highest BCUT2D eigenvalue weighted by atomic mass is 19.1. The Kier molecular flexibility index (Phi) is 4.45. The van der Waals surface area contributed by atoms with E-state index in [1.807, 2.05) is 6.92 Å². The van der Waals surface area contributed by atoms with Gasteiger partial charge in [0.25, 0.3) is 0 Å². The van der Waals surface area contributed by atoms with Crippen LogP contribution in [-0.4, -0.2) is 6.54 Å². The van der Waals surface area contributed by atoms with Crippen molar-refractivity contribution >= 4 is 0 Å². The molecule has 1 atom stereocenters.